The third-order valence-corrected chi connectivity index (χ3v) is 1.83. The van der Waals surface area contributed by atoms with E-state index in [1.807, 2.05) is 32.0 Å². The fourth-order valence-corrected chi connectivity index (χ4v) is 1.20. The first kappa shape index (κ1) is 9.39. The second-order valence-corrected chi connectivity index (χ2v) is 3.76. The quantitative estimate of drug-likeness (QED) is 0.793. The Hall–Kier alpha value is -0.700. The molecule has 12 heavy (non-hydrogen) atoms. The van der Waals surface area contributed by atoms with Gasteiger partial charge in [-0.3, -0.25) is 0 Å². The molecular weight excluding hydrogens is 218 g/mol. The molecule has 3 heteroatoms. The molecule has 0 aromatic heterocycles. The van der Waals surface area contributed by atoms with Crippen LogP contribution < -0.4 is 10.5 Å². The van der Waals surface area contributed by atoms with Crippen LogP contribution in [0.25, 0.3) is 0 Å². The highest BCUT2D eigenvalue weighted by molar-refractivity contribution is 9.10. The van der Waals surface area contributed by atoms with Gasteiger partial charge in [0.1, 0.15) is 5.75 Å². The summed E-state index contributed by atoms with van der Waals surface area (Å²) in [6.07, 6.45) is 0.154. The summed E-state index contributed by atoms with van der Waals surface area (Å²) in [5, 5.41) is 0. The summed E-state index contributed by atoms with van der Waals surface area (Å²) in [5.41, 5.74) is 6.36. The molecular formula is C9H12BrNO. The van der Waals surface area contributed by atoms with Crippen molar-refractivity contribution in [2.75, 3.05) is 5.73 Å². The van der Waals surface area contributed by atoms with Crippen molar-refractivity contribution in [3.63, 3.8) is 0 Å². The van der Waals surface area contributed by atoms with E-state index in [1.165, 1.54) is 0 Å². The van der Waals surface area contributed by atoms with Gasteiger partial charge in [-0.05, 0) is 32.0 Å². The van der Waals surface area contributed by atoms with E-state index >= 15 is 0 Å². The van der Waals surface area contributed by atoms with Gasteiger partial charge in [0.05, 0.1) is 11.8 Å². The molecule has 1 aromatic carbocycles. The van der Waals surface area contributed by atoms with Gasteiger partial charge in [-0.25, -0.2) is 0 Å². The molecule has 1 rings (SSSR count). The van der Waals surface area contributed by atoms with E-state index in [9.17, 15) is 0 Å². The molecule has 0 heterocycles. The highest BCUT2D eigenvalue weighted by atomic mass is 79.9. The summed E-state index contributed by atoms with van der Waals surface area (Å²) in [5.74, 6) is 0.736. The molecule has 2 nitrogen and oxygen atoms in total. The minimum Gasteiger partial charge on any atom is -0.489 e. The number of nitrogen functional groups attached to an aromatic ring is 1. The van der Waals surface area contributed by atoms with Crippen molar-refractivity contribution >= 4 is 21.6 Å². The van der Waals surface area contributed by atoms with Crippen LogP contribution in [-0.2, 0) is 0 Å². The number of benzene rings is 1. The molecule has 0 amide bonds. The third kappa shape index (κ3) is 2.41. The van der Waals surface area contributed by atoms with Crippen molar-refractivity contribution in [3.8, 4) is 5.75 Å². The van der Waals surface area contributed by atoms with Crippen LogP contribution in [0.3, 0.4) is 0 Å². The largest absolute Gasteiger partial charge is 0.489 e. The van der Waals surface area contributed by atoms with Crippen LogP contribution in [0.5, 0.6) is 5.75 Å². The van der Waals surface area contributed by atoms with E-state index in [1.54, 1.807) is 0 Å². The summed E-state index contributed by atoms with van der Waals surface area (Å²) >= 11 is 3.35. The Bertz CT molecular complexity index is 273. The zero-order valence-corrected chi connectivity index (χ0v) is 8.76. The summed E-state index contributed by atoms with van der Waals surface area (Å²) in [6.45, 7) is 3.95. The number of hydrogen-bond donors (Lipinski definition) is 1. The predicted molar refractivity (Wildman–Crippen MR) is 54.3 cm³/mol. The zero-order chi connectivity index (χ0) is 9.14. The van der Waals surface area contributed by atoms with E-state index in [-0.39, 0.29) is 6.10 Å². The number of halogens is 1. The Kier molecular flexibility index (Phi) is 2.98. The summed E-state index contributed by atoms with van der Waals surface area (Å²) < 4.78 is 6.45. The first-order valence-electron chi connectivity index (χ1n) is 3.81. The maximum Gasteiger partial charge on any atom is 0.143 e. The highest BCUT2D eigenvalue weighted by Crippen LogP contribution is 2.26. The van der Waals surface area contributed by atoms with Crippen molar-refractivity contribution in [1.82, 2.24) is 0 Å². The Morgan fingerprint density at radius 3 is 2.67 bits per heavy atom. The Morgan fingerprint density at radius 1 is 1.42 bits per heavy atom. The first-order chi connectivity index (χ1) is 5.59. The average molecular weight is 230 g/mol. The average Bonchev–Trinajstić information content (AvgIpc) is 1.96. The molecule has 0 radical (unpaired) electrons. The molecule has 0 bridgehead atoms. The van der Waals surface area contributed by atoms with Crippen molar-refractivity contribution in [1.29, 1.82) is 0 Å². The molecule has 0 saturated carbocycles. The lowest BCUT2D eigenvalue weighted by Crippen LogP contribution is -2.07. The van der Waals surface area contributed by atoms with Crippen molar-refractivity contribution in [2.45, 2.75) is 20.0 Å². The normalized spacial score (nSPS) is 10.3. The fraction of sp³-hybridized carbons (Fsp3) is 0.333. The Balaban J connectivity index is 2.90. The first-order valence-corrected chi connectivity index (χ1v) is 4.60. The molecule has 0 atom stereocenters. The monoisotopic (exact) mass is 229 g/mol. The van der Waals surface area contributed by atoms with E-state index in [0.29, 0.717) is 5.69 Å². The summed E-state index contributed by atoms with van der Waals surface area (Å²) in [6, 6.07) is 5.58. The summed E-state index contributed by atoms with van der Waals surface area (Å²) in [4.78, 5) is 0. The molecule has 0 saturated heterocycles. The smallest absolute Gasteiger partial charge is 0.143 e. The van der Waals surface area contributed by atoms with Crippen LogP contribution in [0.15, 0.2) is 22.7 Å². The molecule has 0 aliphatic carbocycles. The van der Waals surface area contributed by atoms with Gasteiger partial charge in [0.2, 0.25) is 0 Å². The van der Waals surface area contributed by atoms with Crippen LogP contribution in [0.2, 0.25) is 0 Å². The minimum absolute atomic E-state index is 0.154. The number of ether oxygens (including phenoxy) is 1. The Morgan fingerprint density at radius 2 is 2.08 bits per heavy atom. The number of anilines is 1. The van der Waals surface area contributed by atoms with Gasteiger partial charge in [-0.2, -0.15) is 0 Å². The fourth-order valence-electron chi connectivity index (χ4n) is 0.864. The van der Waals surface area contributed by atoms with Gasteiger partial charge in [-0.15, -0.1) is 0 Å². The van der Waals surface area contributed by atoms with E-state index in [2.05, 4.69) is 15.9 Å². The highest BCUT2D eigenvalue weighted by Gasteiger charge is 2.02. The number of rotatable bonds is 2. The standard InChI is InChI=1S/C9H12BrNO/c1-6(2)12-9-5-7(10)3-4-8(9)11/h3-6H,11H2,1-2H3. The van der Waals surface area contributed by atoms with E-state index in [4.69, 9.17) is 10.5 Å². The van der Waals surface area contributed by atoms with Crippen molar-refractivity contribution in [3.05, 3.63) is 22.7 Å². The topological polar surface area (TPSA) is 35.2 Å². The molecule has 0 aliphatic rings. The third-order valence-electron chi connectivity index (χ3n) is 1.34. The Labute approximate surface area is 80.8 Å². The lowest BCUT2D eigenvalue weighted by atomic mass is 10.3. The van der Waals surface area contributed by atoms with Crippen molar-refractivity contribution < 1.29 is 4.74 Å². The molecule has 66 valence electrons. The van der Waals surface area contributed by atoms with Gasteiger partial charge in [0.25, 0.3) is 0 Å². The van der Waals surface area contributed by atoms with Crippen LogP contribution in [0.1, 0.15) is 13.8 Å². The zero-order valence-electron chi connectivity index (χ0n) is 7.17. The predicted octanol–water partition coefficient (Wildman–Crippen LogP) is 2.82. The minimum atomic E-state index is 0.154. The maximum atomic E-state index is 5.69. The van der Waals surface area contributed by atoms with Crippen LogP contribution in [0, 0.1) is 0 Å². The molecule has 1 aromatic rings. The van der Waals surface area contributed by atoms with E-state index in [0.717, 1.165) is 10.2 Å². The number of hydrogen-bond acceptors (Lipinski definition) is 2. The summed E-state index contributed by atoms with van der Waals surface area (Å²) in [7, 11) is 0. The van der Waals surface area contributed by atoms with E-state index < -0.39 is 0 Å². The molecule has 0 spiro atoms. The van der Waals surface area contributed by atoms with Crippen LogP contribution in [0.4, 0.5) is 5.69 Å². The van der Waals surface area contributed by atoms with Crippen LogP contribution >= 0.6 is 15.9 Å². The van der Waals surface area contributed by atoms with Gasteiger partial charge in [0, 0.05) is 4.47 Å². The van der Waals surface area contributed by atoms with Gasteiger partial charge in [-0.1, -0.05) is 15.9 Å². The van der Waals surface area contributed by atoms with Gasteiger partial charge >= 0.3 is 0 Å². The van der Waals surface area contributed by atoms with Gasteiger partial charge < -0.3 is 10.5 Å². The van der Waals surface area contributed by atoms with Crippen molar-refractivity contribution in [2.24, 2.45) is 0 Å². The lowest BCUT2D eigenvalue weighted by molar-refractivity contribution is 0.243. The molecule has 0 aliphatic heterocycles. The molecule has 0 unspecified atom stereocenters. The number of nitrogens with two attached hydrogens (primary N) is 1. The molecule has 0 fully saturated rings. The SMILES string of the molecule is CC(C)Oc1cc(Br)ccc1N. The second-order valence-electron chi connectivity index (χ2n) is 2.85. The molecule has 2 N–H and O–H groups in total. The van der Waals surface area contributed by atoms with Crippen LogP contribution in [-0.4, -0.2) is 6.10 Å². The maximum absolute atomic E-state index is 5.69. The van der Waals surface area contributed by atoms with Gasteiger partial charge in [0.15, 0.2) is 0 Å². The lowest BCUT2D eigenvalue weighted by Gasteiger charge is -2.11. The second kappa shape index (κ2) is 3.81.